The van der Waals surface area contributed by atoms with Gasteiger partial charge >= 0.3 is 0 Å². The van der Waals surface area contributed by atoms with Gasteiger partial charge in [0.2, 0.25) is 0 Å². The highest BCUT2D eigenvalue weighted by Gasteiger charge is 2.39. The maximum absolute atomic E-state index is 12.7. The van der Waals surface area contributed by atoms with E-state index in [0.29, 0.717) is 38.0 Å². The van der Waals surface area contributed by atoms with Crippen LogP contribution in [0.4, 0.5) is 0 Å². The molecule has 0 amide bonds. The summed E-state index contributed by atoms with van der Waals surface area (Å²) in [5.74, 6) is 0.762. The van der Waals surface area contributed by atoms with Crippen LogP contribution in [0.3, 0.4) is 0 Å². The Morgan fingerprint density at radius 2 is 2.05 bits per heavy atom. The van der Waals surface area contributed by atoms with Crippen LogP contribution < -0.4 is 0 Å². The third-order valence-corrected chi connectivity index (χ3v) is 6.29. The van der Waals surface area contributed by atoms with E-state index in [4.69, 9.17) is 16.3 Å². The van der Waals surface area contributed by atoms with Crippen molar-refractivity contribution in [2.45, 2.75) is 38.8 Å². The molecule has 5 nitrogen and oxygen atoms in total. The number of morpholine rings is 1. The summed E-state index contributed by atoms with van der Waals surface area (Å²) in [6.07, 6.45) is 1.85. The Bertz CT molecular complexity index is 404. The van der Waals surface area contributed by atoms with E-state index in [1.807, 2.05) is 6.92 Å². The minimum Gasteiger partial charge on any atom is -0.374 e. The Labute approximate surface area is 121 Å². The summed E-state index contributed by atoms with van der Waals surface area (Å²) in [4.78, 5) is 0. The highest BCUT2D eigenvalue weighted by molar-refractivity contribution is 7.86. The van der Waals surface area contributed by atoms with Crippen LogP contribution in [0.2, 0.25) is 0 Å². The van der Waals surface area contributed by atoms with E-state index in [1.54, 1.807) is 8.61 Å². The molecular formula is C12H23ClN2O3S. The molecule has 0 aromatic heterocycles. The summed E-state index contributed by atoms with van der Waals surface area (Å²) in [5, 5.41) is 0. The second-order valence-electron chi connectivity index (χ2n) is 5.64. The van der Waals surface area contributed by atoms with Gasteiger partial charge in [0.1, 0.15) is 0 Å². The van der Waals surface area contributed by atoms with Gasteiger partial charge in [0.25, 0.3) is 10.2 Å². The molecule has 2 saturated heterocycles. The SMILES string of the molecule is CC1CCCN(S(=O)(=O)N2CC(CCl)OCC2C)C1. The Kier molecular flexibility index (Phi) is 5.11. The van der Waals surface area contributed by atoms with E-state index < -0.39 is 10.2 Å². The second kappa shape index (κ2) is 6.26. The summed E-state index contributed by atoms with van der Waals surface area (Å²) in [5.41, 5.74) is 0. The van der Waals surface area contributed by atoms with E-state index in [0.717, 1.165) is 12.8 Å². The third kappa shape index (κ3) is 3.42. The quantitative estimate of drug-likeness (QED) is 0.738. The lowest BCUT2D eigenvalue weighted by Gasteiger charge is -2.40. The molecule has 2 fully saturated rings. The van der Waals surface area contributed by atoms with E-state index in [2.05, 4.69) is 6.92 Å². The van der Waals surface area contributed by atoms with Crippen molar-refractivity contribution in [2.75, 3.05) is 32.1 Å². The number of halogens is 1. The van der Waals surface area contributed by atoms with Crippen molar-refractivity contribution in [3.8, 4) is 0 Å². The smallest absolute Gasteiger partial charge is 0.282 e. The van der Waals surface area contributed by atoms with E-state index >= 15 is 0 Å². The zero-order valence-electron chi connectivity index (χ0n) is 11.6. The average molecular weight is 311 g/mol. The van der Waals surface area contributed by atoms with Gasteiger partial charge in [-0.1, -0.05) is 6.92 Å². The highest BCUT2D eigenvalue weighted by Crippen LogP contribution is 2.24. The Morgan fingerprint density at radius 1 is 1.32 bits per heavy atom. The zero-order chi connectivity index (χ0) is 14.0. The van der Waals surface area contributed by atoms with Crippen molar-refractivity contribution in [2.24, 2.45) is 5.92 Å². The van der Waals surface area contributed by atoms with E-state index in [9.17, 15) is 8.42 Å². The summed E-state index contributed by atoms with van der Waals surface area (Å²) >= 11 is 5.79. The molecule has 0 N–H and O–H groups in total. The monoisotopic (exact) mass is 310 g/mol. The number of piperidine rings is 1. The van der Waals surface area contributed by atoms with Gasteiger partial charge in [-0.2, -0.15) is 17.0 Å². The molecule has 7 heteroatoms. The topological polar surface area (TPSA) is 49.9 Å². The predicted molar refractivity (Wildman–Crippen MR) is 75.5 cm³/mol. The van der Waals surface area contributed by atoms with Crippen molar-refractivity contribution in [1.82, 2.24) is 8.61 Å². The van der Waals surface area contributed by atoms with Gasteiger partial charge in [-0.15, -0.1) is 11.6 Å². The molecule has 2 aliphatic rings. The molecular weight excluding hydrogens is 288 g/mol. The van der Waals surface area contributed by atoms with Gasteiger partial charge in [-0.05, 0) is 25.7 Å². The first-order valence-electron chi connectivity index (χ1n) is 6.89. The Morgan fingerprint density at radius 3 is 2.68 bits per heavy atom. The molecule has 0 bridgehead atoms. The van der Waals surface area contributed by atoms with Crippen LogP contribution in [0.5, 0.6) is 0 Å². The fraction of sp³-hybridized carbons (Fsp3) is 1.00. The highest BCUT2D eigenvalue weighted by atomic mass is 35.5. The van der Waals surface area contributed by atoms with Crippen LogP contribution in [-0.2, 0) is 14.9 Å². The number of hydrogen-bond donors (Lipinski definition) is 0. The summed E-state index contributed by atoms with van der Waals surface area (Å²) in [6.45, 7) is 6.01. The number of nitrogens with zero attached hydrogens (tertiary/aromatic N) is 2. The molecule has 0 aromatic carbocycles. The molecule has 0 radical (unpaired) electrons. The van der Waals surface area contributed by atoms with Crippen molar-refractivity contribution in [3.05, 3.63) is 0 Å². The van der Waals surface area contributed by atoms with E-state index in [-0.39, 0.29) is 12.1 Å². The predicted octanol–water partition coefficient (Wildman–Crippen LogP) is 1.29. The molecule has 3 unspecified atom stereocenters. The molecule has 0 saturated carbocycles. The Hall–Kier alpha value is 0.120. The van der Waals surface area contributed by atoms with Gasteiger partial charge in [0.15, 0.2) is 0 Å². The zero-order valence-corrected chi connectivity index (χ0v) is 13.2. The number of rotatable bonds is 3. The van der Waals surface area contributed by atoms with Gasteiger partial charge in [0, 0.05) is 31.6 Å². The number of ether oxygens (including phenoxy) is 1. The maximum atomic E-state index is 12.7. The normalized spacial score (nSPS) is 35.4. The lowest BCUT2D eigenvalue weighted by atomic mass is 10.0. The first-order chi connectivity index (χ1) is 8.95. The molecule has 19 heavy (non-hydrogen) atoms. The van der Waals surface area contributed by atoms with Crippen molar-refractivity contribution >= 4 is 21.8 Å². The van der Waals surface area contributed by atoms with Crippen LogP contribution in [0.1, 0.15) is 26.7 Å². The molecule has 112 valence electrons. The van der Waals surface area contributed by atoms with Crippen molar-refractivity contribution in [1.29, 1.82) is 0 Å². The number of hydrogen-bond acceptors (Lipinski definition) is 3. The van der Waals surface area contributed by atoms with Crippen LogP contribution in [-0.4, -0.2) is 61.3 Å². The third-order valence-electron chi connectivity index (χ3n) is 3.86. The summed E-state index contributed by atoms with van der Waals surface area (Å²) < 4.78 is 34.1. The minimum absolute atomic E-state index is 0.123. The lowest BCUT2D eigenvalue weighted by molar-refractivity contribution is -0.0176. The summed E-state index contributed by atoms with van der Waals surface area (Å²) in [7, 11) is -3.38. The largest absolute Gasteiger partial charge is 0.374 e. The lowest BCUT2D eigenvalue weighted by Crippen LogP contribution is -2.57. The number of alkyl halides is 1. The fourth-order valence-electron chi connectivity index (χ4n) is 2.71. The van der Waals surface area contributed by atoms with E-state index in [1.165, 1.54) is 0 Å². The van der Waals surface area contributed by atoms with Crippen molar-refractivity contribution in [3.63, 3.8) is 0 Å². The van der Waals surface area contributed by atoms with Gasteiger partial charge < -0.3 is 4.74 Å². The van der Waals surface area contributed by atoms with Gasteiger partial charge in [0.05, 0.1) is 12.7 Å². The molecule has 0 aliphatic carbocycles. The fourth-order valence-corrected chi connectivity index (χ4v) is 4.87. The summed E-state index contributed by atoms with van der Waals surface area (Å²) in [6, 6.07) is -0.123. The Balaban J connectivity index is 2.12. The molecule has 0 spiro atoms. The molecule has 2 rings (SSSR count). The first kappa shape index (κ1) is 15.5. The van der Waals surface area contributed by atoms with Crippen molar-refractivity contribution < 1.29 is 13.2 Å². The van der Waals surface area contributed by atoms with Crippen LogP contribution in [0.25, 0.3) is 0 Å². The van der Waals surface area contributed by atoms with Gasteiger partial charge in [-0.25, -0.2) is 0 Å². The van der Waals surface area contributed by atoms with Crippen LogP contribution in [0, 0.1) is 5.92 Å². The minimum atomic E-state index is -3.38. The average Bonchev–Trinajstić information content (AvgIpc) is 2.39. The second-order valence-corrected chi connectivity index (χ2v) is 7.83. The van der Waals surface area contributed by atoms with Gasteiger partial charge in [-0.3, -0.25) is 0 Å². The first-order valence-corrected chi connectivity index (χ1v) is 8.82. The molecule has 0 aromatic rings. The molecule has 2 aliphatic heterocycles. The molecule has 3 atom stereocenters. The maximum Gasteiger partial charge on any atom is 0.282 e. The molecule has 2 heterocycles. The van der Waals surface area contributed by atoms with Crippen LogP contribution in [0.15, 0.2) is 0 Å². The van der Waals surface area contributed by atoms with Crippen LogP contribution >= 0.6 is 11.6 Å². The standard InChI is InChI=1S/C12H23ClN2O3S/c1-10-4-3-5-14(7-10)19(16,17)15-8-12(6-13)18-9-11(15)2/h10-12H,3-9H2,1-2H3.